The van der Waals surface area contributed by atoms with Gasteiger partial charge in [-0.1, -0.05) is 50.5 Å². The van der Waals surface area contributed by atoms with E-state index in [-0.39, 0.29) is 5.69 Å². The van der Waals surface area contributed by atoms with Gasteiger partial charge in [-0.2, -0.15) is 5.10 Å². The fourth-order valence-electron chi connectivity index (χ4n) is 3.69. The number of hydrogen-bond donors (Lipinski definition) is 0. The van der Waals surface area contributed by atoms with Crippen LogP contribution in [-0.4, -0.2) is 28.6 Å². The van der Waals surface area contributed by atoms with E-state index in [2.05, 4.69) is 19.1 Å². The summed E-state index contributed by atoms with van der Waals surface area (Å²) in [6.45, 7) is 3.35. The first-order valence-corrected chi connectivity index (χ1v) is 11.1. The van der Waals surface area contributed by atoms with Crippen LogP contribution >= 0.6 is 0 Å². The second-order valence-corrected chi connectivity index (χ2v) is 7.77. The lowest BCUT2D eigenvalue weighted by molar-refractivity contribution is 0.414. The smallest absolute Gasteiger partial charge is 0.346 e. The van der Waals surface area contributed by atoms with Crippen molar-refractivity contribution in [3.8, 4) is 11.5 Å². The maximum atomic E-state index is 13.1. The maximum absolute atomic E-state index is 13.1. The van der Waals surface area contributed by atoms with E-state index in [1.165, 1.54) is 18.4 Å². The van der Waals surface area contributed by atoms with Crippen molar-refractivity contribution in [2.24, 2.45) is 0 Å². The van der Waals surface area contributed by atoms with Gasteiger partial charge in [-0.25, -0.2) is 9.48 Å². The number of unbranched alkanes of at least 4 members (excludes halogenated alkanes) is 3. The molecule has 6 nitrogen and oxygen atoms in total. The largest absolute Gasteiger partial charge is 0.497 e. The van der Waals surface area contributed by atoms with Crippen molar-refractivity contribution in [3.63, 3.8) is 0 Å². The quantitative estimate of drug-likeness (QED) is 0.403. The van der Waals surface area contributed by atoms with E-state index in [1.54, 1.807) is 18.9 Å². The molecule has 0 atom stereocenters. The fourth-order valence-corrected chi connectivity index (χ4v) is 3.69. The minimum Gasteiger partial charge on any atom is -0.497 e. The number of methoxy groups -OCH3 is 2. The maximum Gasteiger partial charge on any atom is 0.346 e. The number of rotatable bonds is 12. The Morgan fingerprint density at radius 3 is 2.35 bits per heavy atom. The zero-order valence-electron chi connectivity index (χ0n) is 18.8. The van der Waals surface area contributed by atoms with Crippen LogP contribution in [0.4, 0.5) is 0 Å². The highest BCUT2D eigenvalue weighted by molar-refractivity contribution is 5.29. The van der Waals surface area contributed by atoms with Crippen LogP contribution < -0.4 is 15.2 Å². The minimum absolute atomic E-state index is 0.0379. The van der Waals surface area contributed by atoms with Gasteiger partial charge >= 0.3 is 5.69 Å². The predicted octanol–water partition coefficient (Wildman–Crippen LogP) is 4.48. The first-order valence-electron chi connectivity index (χ1n) is 11.1. The van der Waals surface area contributed by atoms with Gasteiger partial charge in [0.05, 0.1) is 20.8 Å². The molecule has 0 aliphatic rings. The first-order chi connectivity index (χ1) is 15.1. The summed E-state index contributed by atoms with van der Waals surface area (Å²) in [6.07, 6.45) is 6.04. The summed E-state index contributed by atoms with van der Waals surface area (Å²) in [5, 5.41) is 4.71. The Hall–Kier alpha value is -3.02. The zero-order chi connectivity index (χ0) is 22.1. The van der Waals surface area contributed by atoms with Gasteiger partial charge in [0, 0.05) is 13.0 Å². The van der Waals surface area contributed by atoms with Gasteiger partial charge in [0.1, 0.15) is 17.3 Å². The Balaban J connectivity index is 1.78. The van der Waals surface area contributed by atoms with Crippen LogP contribution in [0.3, 0.4) is 0 Å². The number of aryl methyl sites for hydroxylation is 2. The number of nitrogens with zero attached hydrogens (tertiary/aromatic N) is 3. The molecule has 0 N–H and O–H groups in total. The van der Waals surface area contributed by atoms with Crippen molar-refractivity contribution in [3.05, 3.63) is 76.0 Å². The second-order valence-electron chi connectivity index (χ2n) is 7.77. The standard InChI is InChI=1S/C25H33N3O3/c1-4-5-6-7-17-27-24(16-13-20-11-14-22(30-2)15-12-20)26-28(25(27)29)19-21-9-8-10-23(18-21)31-3/h8-12,14-15,18H,4-7,13,16-17,19H2,1-3H3. The molecule has 3 rings (SSSR count). The van der Waals surface area contributed by atoms with E-state index in [4.69, 9.17) is 14.6 Å². The molecule has 6 heteroatoms. The van der Waals surface area contributed by atoms with Gasteiger partial charge < -0.3 is 9.47 Å². The first kappa shape index (κ1) is 22.7. The van der Waals surface area contributed by atoms with Crippen molar-refractivity contribution in [1.82, 2.24) is 14.3 Å². The SMILES string of the molecule is CCCCCCn1c(CCc2ccc(OC)cc2)nn(Cc2cccc(OC)c2)c1=O. The highest BCUT2D eigenvalue weighted by atomic mass is 16.5. The molecule has 1 heterocycles. The van der Waals surface area contributed by atoms with Crippen molar-refractivity contribution in [1.29, 1.82) is 0 Å². The van der Waals surface area contributed by atoms with E-state index in [1.807, 2.05) is 41.0 Å². The van der Waals surface area contributed by atoms with Crippen molar-refractivity contribution in [2.75, 3.05) is 14.2 Å². The molecule has 0 unspecified atom stereocenters. The molecule has 2 aromatic carbocycles. The molecule has 0 saturated carbocycles. The summed E-state index contributed by atoms with van der Waals surface area (Å²) >= 11 is 0. The van der Waals surface area contributed by atoms with Crippen LogP contribution in [0.15, 0.2) is 53.3 Å². The van der Waals surface area contributed by atoms with Crippen LogP contribution in [0, 0.1) is 0 Å². The molecule has 166 valence electrons. The van der Waals surface area contributed by atoms with Crippen molar-refractivity contribution in [2.45, 2.75) is 58.5 Å². The Morgan fingerprint density at radius 2 is 1.65 bits per heavy atom. The molecule has 0 radical (unpaired) electrons. The summed E-state index contributed by atoms with van der Waals surface area (Å²) in [5.74, 6) is 2.48. The molecule has 0 fully saturated rings. The van der Waals surface area contributed by atoms with Crippen LogP contribution in [-0.2, 0) is 25.9 Å². The summed E-state index contributed by atoms with van der Waals surface area (Å²) in [7, 11) is 3.31. The Bertz CT molecular complexity index is 1010. The van der Waals surface area contributed by atoms with Crippen LogP contribution in [0.25, 0.3) is 0 Å². The predicted molar refractivity (Wildman–Crippen MR) is 123 cm³/mol. The Kier molecular flexibility index (Phi) is 8.33. The molecule has 0 aliphatic heterocycles. The van der Waals surface area contributed by atoms with Gasteiger partial charge in [0.15, 0.2) is 0 Å². The molecule has 0 bridgehead atoms. The summed E-state index contributed by atoms with van der Waals surface area (Å²) in [6, 6.07) is 15.8. The lowest BCUT2D eigenvalue weighted by Crippen LogP contribution is -2.26. The molecule has 31 heavy (non-hydrogen) atoms. The van der Waals surface area contributed by atoms with E-state index >= 15 is 0 Å². The third kappa shape index (κ3) is 6.23. The monoisotopic (exact) mass is 423 g/mol. The summed E-state index contributed by atoms with van der Waals surface area (Å²) in [5.41, 5.74) is 2.16. The summed E-state index contributed by atoms with van der Waals surface area (Å²) < 4.78 is 14.0. The lowest BCUT2D eigenvalue weighted by atomic mass is 10.1. The normalized spacial score (nSPS) is 10.9. The number of benzene rings is 2. The number of hydrogen-bond acceptors (Lipinski definition) is 4. The molecule has 0 spiro atoms. The lowest BCUT2D eigenvalue weighted by Gasteiger charge is -2.06. The Morgan fingerprint density at radius 1 is 0.871 bits per heavy atom. The van der Waals surface area contributed by atoms with Crippen LogP contribution in [0.1, 0.15) is 49.6 Å². The van der Waals surface area contributed by atoms with Crippen LogP contribution in [0.2, 0.25) is 0 Å². The highest BCUT2D eigenvalue weighted by Gasteiger charge is 2.14. The molecular formula is C25H33N3O3. The molecule has 3 aromatic rings. The molecule has 0 saturated heterocycles. The minimum atomic E-state index is -0.0379. The van der Waals surface area contributed by atoms with Gasteiger partial charge in [0.25, 0.3) is 0 Å². The third-order valence-corrected chi connectivity index (χ3v) is 5.50. The van der Waals surface area contributed by atoms with Gasteiger partial charge in [-0.15, -0.1) is 0 Å². The molecular weight excluding hydrogens is 390 g/mol. The van der Waals surface area contributed by atoms with E-state index < -0.39 is 0 Å². The second kappa shape index (κ2) is 11.4. The topological polar surface area (TPSA) is 58.3 Å². The van der Waals surface area contributed by atoms with Crippen molar-refractivity contribution >= 4 is 0 Å². The van der Waals surface area contributed by atoms with Gasteiger partial charge in [-0.05, 0) is 48.2 Å². The number of aromatic nitrogens is 3. The fraction of sp³-hybridized carbons (Fsp3) is 0.440. The van der Waals surface area contributed by atoms with Crippen molar-refractivity contribution < 1.29 is 9.47 Å². The number of ether oxygens (including phenoxy) is 2. The van der Waals surface area contributed by atoms with E-state index in [0.29, 0.717) is 6.54 Å². The van der Waals surface area contributed by atoms with E-state index in [0.717, 1.165) is 55.1 Å². The van der Waals surface area contributed by atoms with Gasteiger partial charge in [0.2, 0.25) is 0 Å². The third-order valence-electron chi connectivity index (χ3n) is 5.50. The Labute approximate surface area is 184 Å². The van der Waals surface area contributed by atoms with Crippen LogP contribution in [0.5, 0.6) is 11.5 Å². The molecule has 1 aromatic heterocycles. The molecule has 0 amide bonds. The highest BCUT2D eigenvalue weighted by Crippen LogP contribution is 2.15. The average Bonchev–Trinajstić information content (AvgIpc) is 3.10. The summed E-state index contributed by atoms with van der Waals surface area (Å²) in [4.78, 5) is 13.1. The molecule has 0 aliphatic carbocycles. The van der Waals surface area contributed by atoms with E-state index in [9.17, 15) is 4.79 Å². The van der Waals surface area contributed by atoms with Gasteiger partial charge in [-0.3, -0.25) is 4.57 Å². The average molecular weight is 424 g/mol. The zero-order valence-corrected chi connectivity index (χ0v) is 18.8.